The molecule has 0 radical (unpaired) electrons. The van der Waals surface area contributed by atoms with Crippen LogP contribution in [0.5, 0.6) is 5.75 Å². The highest BCUT2D eigenvalue weighted by Gasteiger charge is 2.24. The van der Waals surface area contributed by atoms with Gasteiger partial charge in [-0.2, -0.15) is 9.78 Å². The molecule has 0 spiro atoms. The Kier molecular flexibility index (Phi) is 4.75. The van der Waals surface area contributed by atoms with Crippen molar-refractivity contribution in [3.8, 4) is 5.75 Å². The molecule has 1 aromatic heterocycles. The van der Waals surface area contributed by atoms with E-state index in [9.17, 15) is 0 Å². The molecule has 0 saturated heterocycles. The number of hydrogen-bond acceptors (Lipinski definition) is 3. The quantitative estimate of drug-likeness (QED) is 0.773. The first-order valence-electron chi connectivity index (χ1n) is 7.52. The van der Waals surface area contributed by atoms with Crippen LogP contribution in [0.4, 0.5) is 0 Å². The lowest BCUT2D eigenvalue weighted by molar-refractivity contribution is 0.0692. The summed E-state index contributed by atoms with van der Waals surface area (Å²) in [6.07, 6.45) is 2.34. The second-order valence-corrected chi connectivity index (χ2v) is 7.37. The van der Waals surface area contributed by atoms with Crippen molar-refractivity contribution in [3.05, 3.63) is 40.4 Å². The topological polar surface area (TPSA) is 32.0 Å². The Balaban J connectivity index is 2.39. The monoisotopic (exact) mass is 319 g/mol. The summed E-state index contributed by atoms with van der Waals surface area (Å²) >= 11 is 5.45. The van der Waals surface area contributed by atoms with Gasteiger partial charge >= 0.3 is 0 Å². The third-order valence-electron chi connectivity index (χ3n) is 3.72. The van der Waals surface area contributed by atoms with E-state index in [0.29, 0.717) is 4.77 Å². The molecule has 4 nitrogen and oxygen atoms in total. The van der Waals surface area contributed by atoms with Gasteiger partial charge in [0.15, 0.2) is 6.23 Å². The predicted molar refractivity (Wildman–Crippen MR) is 91.7 cm³/mol. The van der Waals surface area contributed by atoms with Crippen molar-refractivity contribution in [1.29, 1.82) is 0 Å². The van der Waals surface area contributed by atoms with E-state index >= 15 is 0 Å². The summed E-state index contributed by atoms with van der Waals surface area (Å²) in [6, 6.07) is 6.11. The molecule has 1 unspecified atom stereocenters. The zero-order chi connectivity index (χ0) is 16.5. The first kappa shape index (κ1) is 16.7. The van der Waals surface area contributed by atoms with Gasteiger partial charge in [0.25, 0.3) is 0 Å². The Morgan fingerprint density at radius 3 is 2.50 bits per heavy atom. The molecule has 0 N–H and O–H groups in total. The average molecular weight is 319 g/mol. The summed E-state index contributed by atoms with van der Waals surface area (Å²) < 4.78 is 10.6. The van der Waals surface area contributed by atoms with Crippen LogP contribution in [0.1, 0.15) is 44.5 Å². The number of ether oxygens (including phenoxy) is 1. The number of hydrogen-bond donors (Lipinski definition) is 0. The molecule has 0 bridgehead atoms. The van der Waals surface area contributed by atoms with E-state index in [4.69, 9.17) is 17.0 Å². The maximum atomic E-state index is 6.30. The third-order valence-corrected chi connectivity index (χ3v) is 4.20. The van der Waals surface area contributed by atoms with E-state index < -0.39 is 0 Å². The molecular formula is C17H25N3OS. The standard InChI is InChI=1S/C17H25N3OS/c1-12-8-7-9-14(13(12)2)21-15(10-17(3,4)5)20-16(22)19(6)11-18-20/h7-9,11,15H,10H2,1-6H3. The molecular weight excluding hydrogens is 294 g/mol. The fourth-order valence-corrected chi connectivity index (χ4v) is 2.50. The van der Waals surface area contributed by atoms with Crippen molar-refractivity contribution in [2.75, 3.05) is 0 Å². The van der Waals surface area contributed by atoms with E-state index in [2.05, 4.69) is 45.8 Å². The molecule has 120 valence electrons. The molecule has 0 fully saturated rings. The average Bonchev–Trinajstić information content (AvgIpc) is 2.73. The Morgan fingerprint density at radius 2 is 1.95 bits per heavy atom. The summed E-state index contributed by atoms with van der Waals surface area (Å²) in [5.74, 6) is 0.891. The van der Waals surface area contributed by atoms with Crippen LogP contribution in [-0.4, -0.2) is 14.3 Å². The summed E-state index contributed by atoms with van der Waals surface area (Å²) in [5.41, 5.74) is 2.48. The molecule has 2 rings (SSSR count). The fourth-order valence-electron chi connectivity index (χ4n) is 2.29. The third kappa shape index (κ3) is 3.77. The van der Waals surface area contributed by atoms with Crippen LogP contribution in [0.3, 0.4) is 0 Å². The lowest BCUT2D eigenvalue weighted by Crippen LogP contribution is -2.24. The van der Waals surface area contributed by atoms with Gasteiger partial charge in [-0.3, -0.25) is 0 Å². The van der Waals surface area contributed by atoms with Crippen molar-refractivity contribution in [2.45, 2.75) is 47.3 Å². The van der Waals surface area contributed by atoms with Crippen LogP contribution in [0.2, 0.25) is 0 Å². The van der Waals surface area contributed by atoms with Gasteiger partial charge in [0, 0.05) is 13.5 Å². The molecule has 0 saturated carbocycles. The van der Waals surface area contributed by atoms with Crippen LogP contribution in [0.25, 0.3) is 0 Å². The minimum absolute atomic E-state index is 0.106. The molecule has 22 heavy (non-hydrogen) atoms. The Hall–Kier alpha value is -1.62. The summed E-state index contributed by atoms with van der Waals surface area (Å²) in [6.45, 7) is 10.8. The molecule has 0 amide bonds. The lowest BCUT2D eigenvalue weighted by atomic mass is 9.91. The number of rotatable bonds is 4. The number of benzene rings is 1. The number of nitrogens with zero attached hydrogens (tertiary/aromatic N) is 3. The van der Waals surface area contributed by atoms with Gasteiger partial charge < -0.3 is 9.30 Å². The van der Waals surface area contributed by atoms with Gasteiger partial charge in [0.05, 0.1) is 0 Å². The maximum Gasteiger partial charge on any atom is 0.200 e. The van der Waals surface area contributed by atoms with Crippen molar-refractivity contribution >= 4 is 12.2 Å². The SMILES string of the molecule is Cc1cccc(OC(CC(C)(C)C)n2ncn(C)c2=S)c1C. The zero-order valence-electron chi connectivity index (χ0n) is 14.3. The maximum absolute atomic E-state index is 6.30. The number of aromatic nitrogens is 3. The van der Waals surface area contributed by atoms with Gasteiger partial charge in [-0.05, 0) is 48.7 Å². The van der Waals surface area contributed by atoms with Gasteiger partial charge in [-0.25, -0.2) is 0 Å². The minimum atomic E-state index is -0.214. The fraction of sp³-hybridized carbons (Fsp3) is 0.529. The Labute approximate surface area is 137 Å². The van der Waals surface area contributed by atoms with Gasteiger partial charge in [-0.15, -0.1) is 0 Å². The van der Waals surface area contributed by atoms with E-state index in [1.165, 1.54) is 5.56 Å². The molecule has 0 aliphatic heterocycles. The molecule has 0 aliphatic rings. The second-order valence-electron chi connectivity index (χ2n) is 7.00. The largest absolute Gasteiger partial charge is 0.468 e. The predicted octanol–water partition coefficient (Wildman–Crippen LogP) is 4.58. The Bertz CT molecular complexity index is 709. The normalized spacial score (nSPS) is 13.2. The van der Waals surface area contributed by atoms with Crippen LogP contribution in [0.15, 0.2) is 24.5 Å². The van der Waals surface area contributed by atoms with Crippen LogP contribution < -0.4 is 4.74 Å². The van der Waals surface area contributed by atoms with Crippen molar-refractivity contribution in [2.24, 2.45) is 12.5 Å². The second kappa shape index (κ2) is 6.24. The highest BCUT2D eigenvalue weighted by atomic mass is 32.1. The van der Waals surface area contributed by atoms with E-state index in [1.807, 2.05) is 23.7 Å². The molecule has 2 aromatic rings. The highest BCUT2D eigenvalue weighted by Crippen LogP contribution is 2.31. The molecule has 0 aliphatic carbocycles. The summed E-state index contributed by atoms with van der Waals surface area (Å²) in [7, 11) is 1.90. The van der Waals surface area contributed by atoms with Gasteiger partial charge in [0.2, 0.25) is 4.77 Å². The highest BCUT2D eigenvalue weighted by molar-refractivity contribution is 7.71. The smallest absolute Gasteiger partial charge is 0.200 e. The van der Waals surface area contributed by atoms with Crippen LogP contribution in [0, 0.1) is 24.0 Å². The zero-order valence-corrected chi connectivity index (χ0v) is 15.1. The van der Waals surface area contributed by atoms with Crippen LogP contribution in [-0.2, 0) is 7.05 Å². The van der Waals surface area contributed by atoms with Crippen molar-refractivity contribution in [1.82, 2.24) is 14.3 Å². The van der Waals surface area contributed by atoms with Crippen molar-refractivity contribution < 1.29 is 4.74 Å². The number of aryl methyl sites for hydroxylation is 2. The van der Waals surface area contributed by atoms with Crippen molar-refractivity contribution in [3.63, 3.8) is 0 Å². The molecule has 1 atom stereocenters. The summed E-state index contributed by atoms with van der Waals surface area (Å²) in [4.78, 5) is 0. The lowest BCUT2D eigenvalue weighted by Gasteiger charge is -2.27. The summed E-state index contributed by atoms with van der Waals surface area (Å²) in [5, 5.41) is 4.40. The molecule has 5 heteroatoms. The Morgan fingerprint density at radius 1 is 1.27 bits per heavy atom. The molecule has 1 heterocycles. The minimum Gasteiger partial charge on any atom is -0.468 e. The van der Waals surface area contributed by atoms with E-state index in [0.717, 1.165) is 17.7 Å². The first-order chi connectivity index (χ1) is 10.2. The van der Waals surface area contributed by atoms with E-state index in [1.54, 1.807) is 11.0 Å². The van der Waals surface area contributed by atoms with Crippen LogP contribution >= 0.6 is 12.2 Å². The van der Waals surface area contributed by atoms with Gasteiger partial charge in [0.1, 0.15) is 12.1 Å². The molecule has 1 aromatic carbocycles. The first-order valence-corrected chi connectivity index (χ1v) is 7.93. The van der Waals surface area contributed by atoms with E-state index in [-0.39, 0.29) is 11.6 Å². The van der Waals surface area contributed by atoms with Gasteiger partial charge in [-0.1, -0.05) is 32.9 Å².